The molecular formula is C30H44N4O7. The van der Waals surface area contributed by atoms with Gasteiger partial charge < -0.3 is 35.2 Å². The smallest absolute Gasteiger partial charge is 0.408 e. The van der Waals surface area contributed by atoms with Crippen molar-refractivity contribution in [2.24, 2.45) is 0 Å². The van der Waals surface area contributed by atoms with Gasteiger partial charge in [0.2, 0.25) is 0 Å². The Balaban J connectivity index is 0.00000138. The summed E-state index contributed by atoms with van der Waals surface area (Å²) in [5, 5.41) is 22.9. The summed E-state index contributed by atoms with van der Waals surface area (Å²) < 4.78 is 10.6. The van der Waals surface area contributed by atoms with Crippen LogP contribution in [0.2, 0.25) is 0 Å². The summed E-state index contributed by atoms with van der Waals surface area (Å²) in [6, 6.07) is 12.5. The fourth-order valence-electron chi connectivity index (χ4n) is 4.36. The van der Waals surface area contributed by atoms with E-state index in [0.717, 1.165) is 69.2 Å². The lowest BCUT2D eigenvalue weighted by Gasteiger charge is -2.26. The van der Waals surface area contributed by atoms with E-state index in [2.05, 4.69) is 27.7 Å². The number of hydrogen-bond acceptors (Lipinski definition) is 8. The van der Waals surface area contributed by atoms with Crippen LogP contribution in [-0.2, 0) is 38.5 Å². The normalized spacial score (nSPS) is 13.6. The van der Waals surface area contributed by atoms with Gasteiger partial charge in [0.05, 0.1) is 6.10 Å². The first-order valence-electron chi connectivity index (χ1n) is 14.0. The second-order valence-corrected chi connectivity index (χ2v) is 10.0. The van der Waals surface area contributed by atoms with Gasteiger partial charge in [-0.2, -0.15) is 0 Å². The molecule has 0 fully saturated rings. The summed E-state index contributed by atoms with van der Waals surface area (Å²) >= 11 is 0. The number of fused-ring (bicyclic) bond motifs is 1. The Morgan fingerprint density at radius 1 is 1.10 bits per heavy atom. The summed E-state index contributed by atoms with van der Waals surface area (Å²) in [6.45, 7) is 6.15. The van der Waals surface area contributed by atoms with Gasteiger partial charge in [-0.25, -0.2) is 14.6 Å². The molecule has 0 bridgehead atoms. The number of amides is 1. The standard InChI is InChI=1S/C28H40N4O5.C2H4O2/c1-21(36-2)19-32(17-7-6-12-24-14-13-23-11-8-16-29-26(23)30-24)18-15-25(27(33)34)31-28(35)37-20-22-9-4-3-5-10-22;1-2(3)4/h3-5,9-10,13-14,21,25H,6-8,11-12,15-20H2,1-2H3,(H,29,30)(H,31,35)(H,33,34);1H3,(H,3,4). The van der Waals surface area contributed by atoms with Crippen LogP contribution in [0, 0.1) is 0 Å². The Labute approximate surface area is 242 Å². The number of aryl methyl sites for hydroxylation is 2. The molecule has 2 heterocycles. The Hall–Kier alpha value is -3.70. The summed E-state index contributed by atoms with van der Waals surface area (Å²) in [4.78, 5) is 40.0. The highest BCUT2D eigenvalue weighted by molar-refractivity contribution is 5.79. The summed E-state index contributed by atoms with van der Waals surface area (Å²) in [6.07, 6.45) is 4.61. The van der Waals surface area contributed by atoms with Crippen LogP contribution in [0.3, 0.4) is 0 Å². The molecular weight excluding hydrogens is 528 g/mol. The van der Waals surface area contributed by atoms with Crippen molar-refractivity contribution in [2.45, 2.75) is 71.1 Å². The van der Waals surface area contributed by atoms with Crippen molar-refractivity contribution in [2.75, 3.05) is 38.6 Å². The number of anilines is 1. The predicted octanol–water partition coefficient (Wildman–Crippen LogP) is 3.96. The Kier molecular flexibility index (Phi) is 15.2. The highest BCUT2D eigenvalue weighted by atomic mass is 16.5. The molecule has 1 aromatic carbocycles. The molecule has 11 heteroatoms. The van der Waals surface area contributed by atoms with Crippen molar-refractivity contribution in [3.8, 4) is 0 Å². The average molecular weight is 573 g/mol. The van der Waals surface area contributed by atoms with Crippen LogP contribution < -0.4 is 10.6 Å². The summed E-state index contributed by atoms with van der Waals surface area (Å²) in [7, 11) is 1.67. The number of unbranched alkanes of at least 4 members (excludes halogenated alkanes) is 1. The molecule has 226 valence electrons. The number of benzene rings is 1. The van der Waals surface area contributed by atoms with Crippen LogP contribution in [0.4, 0.5) is 10.6 Å². The van der Waals surface area contributed by atoms with E-state index in [9.17, 15) is 14.7 Å². The number of aromatic nitrogens is 1. The second-order valence-electron chi connectivity index (χ2n) is 10.0. The largest absolute Gasteiger partial charge is 0.481 e. The number of carbonyl (C=O) groups is 3. The summed E-state index contributed by atoms with van der Waals surface area (Å²) in [5.41, 5.74) is 3.22. The van der Waals surface area contributed by atoms with E-state index in [0.29, 0.717) is 13.1 Å². The molecule has 0 saturated heterocycles. The minimum absolute atomic E-state index is 0.0143. The lowest BCUT2D eigenvalue weighted by molar-refractivity contribution is -0.139. The van der Waals surface area contributed by atoms with Gasteiger partial charge in [-0.1, -0.05) is 36.4 Å². The fraction of sp³-hybridized carbons (Fsp3) is 0.533. The zero-order valence-electron chi connectivity index (χ0n) is 24.3. The van der Waals surface area contributed by atoms with Gasteiger partial charge in [-0.3, -0.25) is 4.79 Å². The molecule has 4 N–H and O–H groups in total. The van der Waals surface area contributed by atoms with E-state index in [4.69, 9.17) is 24.4 Å². The first-order valence-corrected chi connectivity index (χ1v) is 14.0. The lowest BCUT2D eigenvalue weighted by Crippen LogP contribution is -2.44. The maximum Gasteiger partial charge on any atom is 0.408 e. The van der Waals surface area contributed by atoms with Crippen LogP contribution in [0.15, 0.2) is 42.5 Å². The number of carbonyl (C=O) groups excluding carboxylic acids is 1. The lowest BCUT2D eigenvalue weighted by atomic mass is 10.1. The number of carboxylic acid groups (broad SMARTS) is 2. The predicted molar refractivity (Wildman–Crippen MR) is 156 cm³/mol. The Bertz CT molecular complexity index is 1080. The molecule has 0 radical (unpaired) electrons. The number of nitrogens with zero attached hydrogens (tertiary/aromatic N) is 2. The molecule has 41 heavy (non-hydrogen) atoms. The van der Waals surface area contributed by atoms with E-state index in [1.807, 2.05) is 37.3 Å². The number of nitrogens with one attached hydrogen (secondary N) is 2. The molecule has 1 aliphatic rings. The van der Waals surface area contributed by atoms with Crippen LogP contribution in [-0.4, -0.2) is 83.6 Å². The molecule has 0 aliphatic carbocycles. The van der Waals surface area contributed by atoms with E-state index in [-0.39, 0.29) is 19.1 Å². The quantitative estimate of drug-likeness (QED) is 0.231. The first-order chi connectivity index (χ1) is 19.7. The van der Waals surface area contributed by atoms with Crippen LogP contribution in [0.25, 0.3) is 0 Å². The zero-order chi connectivity index (χ0) is 30.0. The van der Waals surface area contributed by atoms with Crippen LogP contribution in [0.1, 0.15) is 56.4 Å². The third-order valence-electron chi connectivity index (χ3n) is 6.56. The average Bonchev–Trinajstić information content (AvgIpc) is 2.96. The van der Waals surface area contributed by atoms with Gasteiger partial charge in [0.25, 0.3) is 5.97 Å². The molecule has 1 aromatic heterocycles. The first kappa shape index (κ1) is 33.5. The molecule has 2 aromatic rings. The summed E-state index contributed by atoms with van der Waals surface area (Å²) in [5.74, 6) is -0.891. The number of aliphatic carboxylic acids is 2. The van der Waals surface area contributed by atoms with Gasteiger partial charge in [0.15, 0.2) is 0 Å². The third kappa shape index (κ3) is 14.0. The Morgan fingerprint density at radius 2 is 1.83 bits per heavy atom. The molecule has 2 atom stereocenters. The minimum Gasteiger partial charge on any atom is -0.481 e. The number of methoxy groups -OCH3 is 1. The number of carboxylic acids is 2. The highest BCUT2D eigenvalue weighted by Gasteiger charge is 2.22. The zero-order valence-corrected chi connectivity index (χ0v) is 24.3. The van der Waals surface area contributed by atoms with Crippen LogP contribution >= 0.6 is 0 Å². The molecule has 1 aliphatic heterocycles. The topological polar surface area (TPSA) is 150 Å². The molecule has 0 saturated carbocycles. The Morgan fingerprint density at radius 3 is 2.51 bits per heavy atom. The minimum atomic E-state index is -1.08. The number of hydrogen-bond donors (Lipinski definition) is 4. The SMILES string of the molecule is CC(=O)O.COC(C)CN(CCCCc1ccc2c(n1)NCCC2)CCC(NC(=O)OCc1ccccc1)C(=O)O. The number of rotatable bonds is 15. The second kappa shape index (κ2) is 18.6. The third-order valence-corrected chi connectivity index (χ3v) is 6.56. The van der Waals surface area contributed by atoms with E-state index in [1.54, 1.807) is 7.11 Å². The van der Waals surface area contributed by atoms with Gasteiger partial charge in [0.1, 0.15) is 18.5 Å². The molecule has 2 unspecified atom stereocenters. The van der Waals surface area contributed by atoms with Gasteiger partial charge >= 0.3 is 12.1 Å². The molecule has 1 amide bonds. The van der Waals surface area contributed by atoms with Gasteiger partial charge in [-0.15, -0.1) is 0 Å². The van der Waals surface area contributed by atoms with Crippen molar-refractivity contribution >= 4 is 23.8 Å². The number of alkyl carbamates (subject to hydrolysis) is 1. The van der Waals surface area contributed by atoms with Crippen LogP contribution in [0.5, 0.6) is 0 Å². The van der Waals surface area contributed by atoms with Gasteiger partial charge in [-0.05, 0) is 69.2 Å². The van der Waals surface area contributed by atoms with Gasteiger partial charge in [0, 0.05) is 39.4 Å². The maximum absolute atomic E-state index is 12.2. The maximum atomic E-state index is 12.2. The van der Waals surface area contributed by atoms with Crippen molar-refractivity contribution in [3.05, 3.63) is 59.3 Å². The molecule has 0 spiro atoms. The molecule has 11 nitrogen and oxygen atoms in total. The number of pyridine rings is 1. The van der Waals surface area contributed by atoms with E-state index < -0.39 is 24.1 Å². The monoisotopic (exact) mass is 572 g/mol. The number of ether oxygens (including phenoxy) is 2. The van der Waals surface area contributed by atoms with Crippen molar-refractivity contribution in [1.29, 1.82) is 0 Å². The highest BCUT2D eigenvalue weighted by Crippen LogP contribution is 2.20. The van der Waals surface area contributed by atoms with Crippen molar-refractivity contribution < 1.29 is 34.1 Å². The molecule has 3 rings (SSSR count). The van der Waals surface area contributed by atoms with Crippen molar-refractivity contribution in [3.63, 3.8) is 0 Å². The fourth-order valence-corrected chi connectivity index (χ4v) is 4.36. The van der Waals surface area contributed by atoms with E-state index >= 15 is 0 Å². The van der Waals surface area contributed by atoms with Crippen molar-refractivity contribution in [1.82, 2.24) is 15.2 Å². The van der Waals surface area contributed by atoms with E-state index in [1.165, 1.54) is 5.56 Å².